The van der Waals surface area contributed by atoms with Crippen LogP contribution in [0.2, 0.25) is 0 Å². The van der Waals surface area contributed by atoms with Crippen LogP contribution in [-0.2, 0) is 11.2 Å². The molecule has 0 spiro atoms. The highest BCUT2D eigenvalue weighted by molar-refractivity contribution is 7.98. The summed E-state index contributed by atoms with van der Waals surface area (Å²) in [5.74, 6) is -0.106. The number of para-hydroxylation sites is 1. The molecule has 0 fully saturated rings. The number of nitrogens with zero attached hydrogens (tertiary/aromatic N) is 1. The molecule has 3 aromatic rings. The van der Waals surface area contributed by atoms with E-state index in [1.165, 1.54) is 0 Å². The van der Waals surface area contributed by atoms with E-state index in [-0.39, 0.29) is 12.3 Å². The summed E-state index contributed by atoms with van der Waals surface area (Å²) in [6.45, 7) is 0. The number of rotatable bonds is 4. The van der Waals surface area contributed by atoms with Gasteiger partial charge in [-0.3, -0.25) is 4.79 Å². The van der Waals surface area contributed by atoms with Crippen LogP contribution in [0.3, 0.4) is 0 Å². The van der Waals surface area contributed by atoms with Crippen LogP contribution in [-0.4, -0.2) is 17.3 Å². The Morgan fingerprint density at radius 2 is 1.95 bits per heavy atom. The van der Waals surface area contributed by atoms with Crippen molar-refractivity contribution in [2.24, 2.45) is 0 Å². The molecular formula is C16H14N2O2S. The lowest BCUT2D eigenvalue weighted by Crippen LogP contribution is -2.14. The maximum Gasteiger partial charge on any atom is 0.230 e. The number of fused-ring (bicyclic) bond motifs is 1. The minimum absolute atomic E-state index is 0.106. The Morgan fingerprint density at radius 3 is 2.71 bits per heavy atom. The van der Waals surface area contributed by atoms with Crippen molar-refractivity contribution in [3.63, 3.8) is 0 Å². The standard InChI is InChI=1S/C16H14N2O2S/c1-21-12-8-6-11(7-9-12)17-16(19)10-14-13-4-2-3-5-15(13)20-18-14/h2-9H,10H2,1H3,(H,17,19). The lowest BCUT2D eigenvalue weighted by Gasteiger charge is -2.04. The molecule has 3 rings (SSSR count). The van der Waals surface area contributed by atoms with Crippen LogP contribution in [0.15, 0.2) is 57.9 Å². The molecule has 4 nitrogen and oxygen atoms in total. The van der Waals surface area contributed by atoms with Crippen molar-refractivity contribution in [3.05, 3.63) is 54.2 Å². The van der Waals surface area contributed by atoms with Crippen molar-refractivity contribution < 1.29 is 9.32 Å². The van der Waals surface area contributed by atoms with E-state index in [2.05, 4.69) is 10.5 Å². The van der Waals surface area contributed by atoms with E-state index in [9.17, 15) is 4.79 Å². The third kappa shape index (κ3) is 3.08. The third-order valence-electron chi connectivity index (χ3n) is 3.15. The summed E-state index contributed by atoms with van der Waals surface area (Å²) in [7, 11) is 0. The van der Waals surface area contributed by atoms with E-state index in [0.29, 0.717) is 11.3 Å². The minimum atomic E-state index is -0.106. The van der Waals surface area contributed by atoms with E-state index >= 15 is 0 Å². The number of amides is 1. The summed E-state index contributed by atoms with van der Waals surface area (Å²) in [6.07, 6.45) is 2.21. The Hall–Kier alpha value is -2.27. The highest BCUT2D eigenvalue weighted by Gasteiger charge is 2.12. The van der Waals surface area contributed by atoms with Crippen molar-refractivity contribution >= 4 is 34.3 Å². The maximum atomic E-state index is 12.1. The molecule has 5 heteroatoms. The zero-order chi connectivity index (χ0) is 14.7. The second-order valence-corrected chi connectivity index (χ2v) is 5.46. The van der Waals surface area contributed by atoms with Crippen LogP contribution in [0.1, 0.15) is 5.69 Å². The molecule has 0 saturated heterocycles. The van der Waals surface area contributed by atoms with Crippen molar-refractivity contribution in [1.82, 2.24) is 5.16 Å². The van der Waals surface area contributed by atoms with Gasteiger partial charge in [-0.1, -0.05) is 17.3 Å². The SMILES string of the molecule is CSc1ccc(NC(=O)Cc2noc3ccccc23)cc1. The molecule has 0 aliphatic heterocycles. The molecule has 0 atom stereocenters. The third-order valence-corrected chi connectivity index (χ3v) is 3.90. The molecule has 21 heavy (non-hydrogen) atoms. The van der Waals surface area contributed by atoms with Gasteiger partial charge in [0.1, 0.15) is 5.69 Å². The predicted octanol–water partition coefficient (Wildman–Crippen LogP) is 3.73. The molecular weight excluding hydrogens is 284 g/mol. The number of benzene rings is 2. The zero-order valence-electron chi connectivity index (χ0n) is 11.5. The Morgan fingerprint density at radius 1 is 1.19 bits per heavy atom. The van der Waals surface area contributed by atoms with Crippen LogP contribution >= 0.6 is 11.8 Å². The molecule has 1 heterocycles. The van der Waals surface area contributed by atoms with Gasteiger partial charge >= 0.3 is 0 Å². The second-order valence-electron chi connectivity index (χ2n) is 4.58. The largest absolute Gasteiger partial charge is 0.356 e. The van der Waals surface area contributed by atoms with Gasteiger partial charge in [0, 0.05) is 16.0 Å². The highest BCUT2D eigenvalue weighted by Crippen LogP contribution is 2.20. The van der Waals surface area contributed by atoms with E-state index < -0.39 is 0 Å². The van der Waals surface area contributed by atoms with Gasteiger partial charge in [0.05, 0.1) is 6.42 Å². The second kappa shape index (κ2) is 6.01. The molecule has 1 N–H and O–H groups in total. The Kier molecular flexibility index (Phi) is 3.92. The van der Waals surface area contributed by atoms with Crippen LogP contribution < -0.4 is 5.32 Å². The number of carbonyl (C=O) groups excluding carboxylic acids is 1. The average molecular weight is 298 g/mol. The average Bonchev–Trinajstić information content (AvgIpc) is 2.91. The summed E-state index contributed by atoms with van der Waals surface area (Å²) >= 11 is 1.67. The quantitative estimate of drug-likeness (QED) is 0.746. The molecule has 0 aliphatic rings. The number of anilines is 1. The number of thioether (sulfide) groups is 1. The molecule has 2 aromatic carbocycles. The summed E-state index contributed by atoms with van der Waals surface area (Å²) < 4.78 is 5.20. The Balaban J connectivity index is 1.71. The van der Waals surface area contributed by atoms with Gasteiger partial charge in [-0.15, -0.1) is 11.8 Å². The van der Waals surface area contributed by atoms with Crippen molar-refractivity contribution in [2.75, 3.05) is 11.6 Å². The highest BCUT2D eigenvalue weighted by atomic mass is 32.2. The Bertz CT molecular complexity index is 765. The van der Waals surface area contributed by atoms with E-state index in [1.807, 2.05) is 54.8 Å². The smallest absolute Gasteiger partial charge is 0.230 e. The van der Waals surface area contributed by atoms with Crippen LogP contribution in [0.4, 0.5) is 5.69 Å². The summed E-state index contributed by atoms with van der Waals surface area (Å²) in [5.41, 5.74) is 2.14. The molecule has 0 bridgehead atoms. The predicted molar refractivity (Wildman–Crippen MR) is 84.6 cm³/mol. The number of hydrogen-bond donors (Lipinski definition) is 1. The van der Waals surface area contributed by atoms with E-state index in [0.717, 1.165) is 16.0 Å². The molecule has 0 aliphatic carbocycles. The molecule has 0 radical (unpaired) electrons. The van der Waals surface area contributed by atoms with Crippen molar-refractivity contribution in [3.8, 4) is 0 Å². The summed E-state index contributed by atoms with van der Waals surface area (Å²) in [6, 6.07) is 15.3. The zero-order valence-corrected chi connectivity index (χ0v) is 12.3. The number of aromatic nitrogens is 1. The first-order chi connectivity index (χ1) is 10.3. The molecule has 0 saturated carbocycles. The Labute approximate surface area is 126 Å². The van der Waals surface area contributed by atoms with Gasteiger partial charge in [-0.05, 0) is 42.7 Å². The van der Waals surface area contributed by atoms with Gasteiger partial charge in [0.2, 0.25) is 5.91 Å². The van der Waals surface area contributed by atoms with Gasteiger partial charge in [-0.2, -0.15) is 0 Å². The van der Waals surface area contributed by atoms with Crippen LogP contribution in [0.5, 0.6) is 0 Å². The topological polar surface area (TPSA) is 55.1 Å². The number of hydrogen-bond acceptors (Lipinski definition) is 4. The van der Waals surface area contributed by atoms with Gasteiger partial charge in [0.15, 0.2) is 5.58 Å². The van der Waals surface area contributed by atoms with Crippen LogP contribution in [0.25, 0.3) is 11.0 Å². The first kappa shape index (κ1) is 13.7. The molecule has 0 unspecified atom stereocenters. The molecule has 106 valence electrons. The maximum absolute atomic E-state index is 12.1. The summed E-state index contributed by atoms with van der Waals surface area (Å²) in [4.78, 5) is 13.2. The fraction of sp³-hybridized carbons (Fsp3) is 0.125. The monoisotopic (exact) mass is 298 g/mol. The molecule has 1 amide bonds. The first-order valence-corrected chi connectivity index (χ1v) is 7.76. The fourth-order valence-electron chi connectivity index (χ4n) is 2.10. The molecule has 1 aromatic heterocycles. The van der Waals surface area contributed by atoms with Gasteiger partial charge in [-0.25, -0.2) is 0 Å². The number of carbonyl (C=O) groups is 1. The van der Waals surface area contributed by atoms with Crippen molar-refractivity contribution in [1.29, 1.82) is 0 Å². The lowest BCUT2D eigenvalue weighted by atomic mass is 10.1. The first-order valence-electron chi connectivity index (χ1n) is 6.53. The number of nitrogens with one attached hydrogen (secondary N) is 1. The van der Waals surface area contributed by atoms with Gasteiger partial charge in [0.25, 0.3) is 0 Å². The van der Waals surface area contributed by atoms with E-state index in [1.54, 1.807) is 11.8 Å². The summed E-state index contributed by atoms with van der Waals surface area (Å²) in [5, 5.41) is 7.71. The van der Waals surface area contributed by atoms with Gasteiger partial charge < -0.3 is 9.84 Å². The van der Waals surface area contributed by atoms with Crippen molar-refractivity contribution in [2.45, 2.75) is 11.3 Å². The normalized spacial score (nSPS) is 10.7. The fourth-order valence-corrected chi connectivity index (χ4v) is 2.51. The van der Waals surface area contributed by atoms with Crippen LogP contribution in [0, 0.1) is 0 Å². The van der Waals surface area contributed by atoms with E-state index in [4.69, 9.17) is 4.52 Å². The minimum Gasteiger partial charge on any atom is -0.356 e. The lowest BCUT2D eigenvalue weighted by molar-refractivity contribution is -0.115.